The monoisotopic (exact) mass is 395 g/mol. The van der Waals surface area contributed by atoms with E-state index in [4.69, 9.17) is 18.9 Å². The second-order valence-electron chi connectivity index (χ2n) is 6.88. The van der Waals surface area contributed by atoms with Crippen molar-refractivity contribution in [1.82, 2.24) is 5.32 Å². The Balaban J connectivity index is 3.31. The Labute approximate surface area is 165 Å². The predicted molar refractivity (Wildman–Crippen MR) is 102 cm³/mol. The molecule has 1 aromatic rings. The molecule has 1 amide bonds. The quantitative estimate of drug-likeness (QED) is 0.410. The Morgan fingerprint density at radius 3 is 1.86 bits per heavy atom. The van der Waals surface area contributed by atoms with Crippen molar-refractivity contribution in [3.8, 4) is 5.75 Å². The Bertz CT molecular complexity index is 646. The van der Waals surface area contributed by atoms with Crippen LogP contribution in [0, 0.1) is 5.92 Å². The van der Waals surface area contributed by atoms with Gasteiger partial charge in [-0.3, -0.25) is 9.59 Å². The van der Waals surface area contributed by atoms with E-state index in [1.54, 1.807) is 58.9 Å². The molecule has 0 aliphatic rings. The molecule has 0 aromatic heterocycles. The molecule has 0 heterocycles. The average molecular weight is 395 g/mol. The molecule has 0 radical (unpaired) electrons. The van der Waals surface area contributed by atoms with Gasteiger partial charge in [-0.2, -0.15) is 0 Å². The van der Waals surface area contributed by atoms with Gasteiger partial charge < -0.3 is 24.3 Å². The highest BCUT2D eigenvalue weighted by Gasteiger charge is 2.40. The van der Waals surface area contributed by atoms with Gasteiger partial charge >= 0.3 is 18.0 Å². The Morgan fingerprint density at radius 2 is 1.46 bits per heavy atom. The smallest absolute Gasteiger partial charge is 0.408 e. The lowest BCUT2D eigenvalue weighted by atomic mass is 9.92. The molecule has 0 aliphatic carbocycles. The molecular formula is C20H29NO7. The van der Waals surface area contributed by atoms with Gasteiger partial charge in [0.1, 0.15) is 11.4 Å². The lowest BCUT2D eigenvalue weighted by molar-refractivity contribution is -0.163. The molecule has 156 valence electrons. The summed E-state index contributed by atoms with van der Waals surface area (Å²) >= 11 is 0. The fraction of sp³-hybridized carbons (Fsp3) is 0.550. The van der Waals surface area contributed by atoms with Gasteiger partial charge in [-0.05, 0) is 52.3 Å². The number of carbonyl (C=O) groups is 3. The summed E-state index contributed by atoms with van der Waals surface area (Å²) in [4.78, 5) is 37.4. The van der Waals surface area contributed by atoms with E-state index in [-0.39, 0.29) is 13.2 Å². The van der Waals surface area contributed by atoms with Crippen LogP contribution in [0.3, 0.4) is 0 Å². The zero-order valence-corrected chi connectivity index (χ0v) is 17.2. The molecule has 0 saturated heterocycles. The van der Waals surface area contributed by atoms with Crippen molar-refractivity contribution >= 4 is 18.0 Å². The van der Waals surface area contributed by atoms with Crippen molar-refractivity contribution in [2.24, 2.45) is 5.92 Å². The third-order valence-corrected chi connectivity index (χ3v) is 3.56. The number of alkyl carbamates (subject to hydrolysis) is 1. The fourth-order valence-corrected chi connectivity index (χ4v) is 2.44. The molecule has 8 nitrogen and oxygen atoms in total. The maximum Gasteiger partial charge on any atom is 0.408 e. The first-order valence-electron chi connectivity index (χ1n) is 9.09. The van der Waals surface area contributed by atoms with Crippen LogP contribution in [0.2, 0.25) is 0 Å². The van der Waals surface area contributed by atoms with Crippen LogP contribution < -0.4 is 10.1 Å². The van der Waals surface area contributed by atoms with Crippen molar-refractivity contribution < 1.29 is 33.3 Å². The minimum absolute atomic E-state index is 0.0799. The third kappa shape index (κ3) is 7.09. The van der Waals surface area contributed by atoms with E-state index in [1.165, 1.54) is 7.11 Å². The van der Waals surface area contributed by atoms with Gasteiger partial charge in [0, 0.05) is 0 Å². The summed E-state index contributed by atoms with van der Waals surface area (Å²) in [5, 5.41) is 2.60. The van der Waals surface area contributed by atoms with Crippen LogP contribution in [0.1, 0.15) is 46.2 Å². The Hall–Kier alpha value is -2.77. The number of benzene rings is 1. The summed E-state index contributed by atoms with van der Waals surface area (Å²) in [7, 11) is 1.52. The summed E-state index contributed by atoms with van der Waals surface area (Å²) in [5.41, 5.74) is -0.254. The van der Waals surface area contributed by atoms with Gasteiger partial charge in [-0.25, -0.2) is 4.79 Å². The molecule has 28 heavy (non-hydrogen) atoms. The number of hydrogen-bond donors (Lipinski definition) is 1. The van der Waals surface area contributed by atoms with Crippen LogP contribution >= 0.6 is 0 Å². The molecule has 0 saturated carbocycles. The minimum atomic E-state index is -1.39. The molecule has 0 bridgehead atoms. The maximum atomic E-state index is 12.5. The largest absolute Gasteiger partial charge is 0.497 e. The van der Waals surface area contributed by atoms with Crippen LogP contribution in [-0.2, 0) is 23.8 Å². The first-order valence-corrected chi connectivity index (χ1v) is 9.09. The van der Waals surface area contributed by atoms with E-state index in [0.29, 0.717) is 11.3 Å². The standard InChI is InChI=1S/C20H29NO7/c1-7-26-17(22)15(18(23)27-8-2)16(21-19(24)28-20(3,4)5)13-9-11-14(25-6)12-10-13/h9-12,15-16H,7-8H2,1-6H3,(H,21,24)/t16-/m1/s1. The number of hydrogen-bond acceptors (Lipinski definition) is 7. The fourth-order valence-electron chi connectivity index (χ4n) is 2.44. The third-order valence-electron chi connectivity index (χ3n) is 3.56. The van der Waals surface area contributed by atoms with E-state index < -0.39 is 35.6 Å². The van der Waals surface area contributed by atoms with Gasteiger partial charge in [-0.1, -0.05) is 12.1 Å². The highest BCUT2D eigenvalue weighted by molar-refractivity contribution is 5.96. The second kappa shape index (κ2) is 10.5. The Morgan fingerprint density at radius 1 is 0.964 bits per heavy atom. The highest BCUT2D eigenvalue weighted by Crippen LogP contribution is 2.27. The topological polar surface area (TPSA) is 100 Å². The average Bonchev–Trinajstić information content (AvgIpc) is 2.60. The van der Waals surface area contributed by atoms with Gasteiger partial charge in [-0.15, -0.1) is 0 Å². The molecule has 0 aliphatic heterocycles. The highest BCUT2D eigenvalue weighted by atomic mass is 16.6. The molecular weight excluding hydrogens is 366 g/mol. The zero-order chi connectivity index (χ0) is 21.3. The zero-order valence-electron chi connectivity index (χ0n) is 17.2. The number of carbonyl (C=O) groups excluding carboxylic acids is 3. The van der Waals surface area contributed by atoms with Gasteiger partial charge in [0.05, 0.1) is 26.4 Å². The van der Waals surface area contributed by atoms with E-state index in [2.05, 4.69) is 5.32 Å². The number of esters is 2. The van der Waals surface area contributed by atoms with Crippen LogP contribution in [0.25, 0.3) is 0 Å². The summed E-state index contributed by atoms with van der Waals surface area (Å²) in [6.07, 6.45) is -0.771. The van der Waals surface area contributed by atoms with Crippen LogP contribution in [-0.4, -0.2) is 44.0 Å². The van der Waals surface area contributed by atoms with Crippen molar-refractivity contribution in [3.05, 3.63) is 29.8 Å². The molecule has 0 fully saturated rings. The van der Waals surface area contributed by atoms with Crippen LogP contribution in [0.5, 0.6) is 5.75 Å². The lowest BCUT2D eigenvalue weighted by Gasteiger charge is -2.27. The Kier molecular flexibility index (Phi) is 8.76. The summed E-state index contributed by atoms with van der Waals surface area (Å²) in [6, 6.07) is 5.57. The summed E-state index contributed by atoms with van der Waals surface area (Å²) in [6.45, 7) is 8.55. The number of ether oxygens (including phenoxy) is 4. The van der Waals surface area contributed by atoms with Crippen molar-refractivity contribution in [3.63, 3.8) is 0 Å². The molecule has 1 N–H and O–H groups in total. The first-order chi connectivity index (χ1) is 13.1. The lowest BCUT2D eigenvalue weighted by Crippen LogP contribution is -2.44. The van der Waals surface area contributed by atoms with Crippen LogP contribution in [0.15, 0.2) is 24.3 Å². The molecule has 8 heteroatoms. The van der Waals surface area contributed by atoms with E-state index in [9.17, 15) is 14.4 Å². The van der Waals surface area contributed by atoms with Crippen molar-refractivity contribution in [2.75, 3.05) is 20.3 Å². The molecule has 1 rings (SSSR count). The van der Waals surface area contributed by atoms with Crippen molar-refractivity contribution in [2.45, 2.75) is 46.3 Å². The number of methoxy groups -OCH3 is 1. The number of amides is 1. The summed E-state index contributed by atoms with van der Waals surface area (Å²) < 4.78 is 20.5. The molecule has 1 aromatic carbocycles. The molecule has 0 spiro atoms. The molecule has 1 atom stereocenters. The second-order valence-corrected chi connectivity index (χ2v) is 6.88. The maximum absolute atomic E-state index is 12.5. The van der Waals surface area contributed by atoms with Gasteiger partial charge in [0.15, 0.2) is 5.92 Å². The van der Waals surface area contributed by atoms with Gasteiger partial charge in [0.2, 0.25) is 0 Å². The first kappa shape index (κ1) is 23.3. The predicted octanol–water partition coefficient (Wildman–Crippen LogP) is 3.00. The molecule has 0 unspecified atom stereocenters. The van der Waals surface area contributed by atoms with E-state index in [0.717, 1.165) is 0 Å². The minimum Gasteiger partial charge on any atom is -0.497 e. The van der Waals surface area contributed by atoms with E-state index in [1.807, 2.05) is 0 Å². The number of nitrogens with one attached hydrogen (secondary N) is 1. The van der Waals surface area contributed by atoms with Crippen LogP contribution in [0.4, 0.5) is 4.79 Å². The summed E-state index contributed by atoms with van der Waals surface area (Å²) in [5.74, 6) is -2.39. The van der Waals surface area contributed by atoms with E-state index >= 15 is 0 Å². The van der Waals surface area contributed by atoms with Crippen molar-refractivity contribution in [1.29, 1.82) is 0 Å². The number of rotatable bonds is 8. The van der Waals surface area contributed by atoms with Gasteiger partial charge in [0.25, 0.3) is 0 Å². The SMILES string of the molecule is CCOC(=O)C(C(=O)OCC)[C@H](NC(=O)OC(C)(C)C)c1ccc(OC)cc1. The normalized spacial score (nSPS) is 12.1.